The number of nitrogens with two attached hydrogens (primary N) is 2. The minimum atomic E-state index is 0.214. The van der Waals surface area contributed by atoms with Crippen LogP contribution in [0.1, 0.15) is 52.9 Å². The highest BCUT2D eigenvalue weighted by molar-refractivity contribution is 5.79. The third-order valence-electron chi connectivity index (χ3n) is 5.33. The molecule has 0 aromatic heterocycles. The summed E-state index contributed by atoms with van der Waals surface area (Å²) in [5, 5.41) is 0. The predicted octanol–water partition coefficient (Wildman–Crippen LogP) is 1.57. The third kappa shape index (κ3) is 8.52. The molecule has 2 fully saturated rings. The molecule has 2 saturated heterocycles. The first-order valence-corrected chi connectivity index (χ1v) is 10.7. The van der Waals surface area contributed by atoms with Crippen molar-refractivity contribution in [1.82, 2.24) is 9.80 Å². The highest BCUT2D eigenvalue weighted by atomic mass is 16.2. The molecule has 28 heavy (non-hydrogen) atoms. The smallest absolute Gasteiger partial charge is 0.222 e. The molecule has 0 atom stereocenters. The van der Waals surface area contributed by atoms with Crippen LogP contribution in [-0.2, 0) is 9.59 Å². The maximum atomic E-state index is 12.6. The first-order valence-electron chi connectivity index (χ1n) is 10.7. The van der Waals surface area contributed by atoms with Crippen LogP contribution in [0.15, 0.2) is 16.8 Å². The van der Waals surface area contributed by atoms with E-state index in [2.05, 4.69) is 9.89 Å². The van der Waals surface area contributed by atoms with Gasteiger partial charge in [-0.3, -0.25) is 19.5 Å². The number of rotatable bonds is 7. The zero-order valence-electron chi connectivity index (χ0n) is 17.9. The lowest BCUT2D eigenvalue weighted by molar-refractivity contribution is -0.133. The number of carbonyl (C=O) groups excluding carboxylic acids is 2. The van der Waals surface area contributed by atoms with Gasteiger partial charge in [0.2, 0.25) is 5.91 Å². The SMILES string of the molecule is CC.CC(=O)CN1CCC(CC(=O)N2CCC(N=C/C(=C\N)CN)CC2)CC1. The summed E-state index contributed by atoms with van der Waals surface area (Å²) in [7, 11) is 0. The van der Waals surface area contributed by atoms with Crippen molar-refractivity contribution in [3.63, 3.8) is 0 Å². The van der Waals surface area contributed by atoms with Crippen molar-refractivity contribution in [3.8, 4) is 0 Å². The van der Waals surface area contributed by atoms with Crippen LogP contribution in [-0.4, -0.2) is 73.0 Å². The topological polar surface area (TPSA) is 105 Å². The van der Waals surface area contributed by atoms with Gasteiger partial charge in [-0.25, -0.2) is 0 Å². The van der Waals surface area contributed by atoms with Crippen LogP contribution < -0.4 is 11.5 Å². The fourth-order valence-electron chi connectivity index (χ4n) is 3.67. The molecule has 7 heteroatoms. The molecule has 0 aromatic carbocycles. The summed E-state index contributed by atoms with van der Waals surface area (Å²) in [6.07, 6.45) is 7.68. The molecule has 0 spiro atoms. The zero-order chi connectivity index (χ0) is 20.9. The van der Waals surface area contributed by atoms with Gasteiger partial charge in [-0.2, -0.15) is 0 Å². The Morgan fingerprint density at radius 3 is 2.18 bits per heavy atom. The molecule has 7 nitrogen and oxygen atoms in total. The molecule has 0 aliphatic carbocycles. The molecule has 2 aliphatic rings. The molecule has 1 amide bonds. The molecule has 0 aromatic rings. The molecular formula is C21H39N5O2. The Morgan fingerprint density at radius 1 is 1.07 bits per heavy atom. The van der Waals surface area contributed by atoms with E-state index in [1.807, 2.05) is 18.7 Å². The standard InChI is InChI=1S/C19H33N5O2.C2H6/c1-15(25)14-23-6-2-16(3-7-23)10-19(26)24-8-4-18(5-9-24)22-13-17(11-20)12-21;1-2/h11,13,16,18H,2-10,12,14,20-21H2,1H3;1-2H3/b17-11-,22-13?;. The van der Waals surface area contributed by atoms with Gasteiger partial charge in [0.05, 0.1) is 12.6 Å². The van der Waals surface area contributed by atoms with E-state index in [9.17, 15) is 9.59 Å². The van der Waals surface area contributed by atoms with Crippen molar-refractivity contribution in [2.24, 2.45) is 22.4 Å². The van der Waals surface area contributed by atoms with E-state index in [4.69, 9.17) is 11.5 Å². The molecular weight excluding hydrogens is 354 g/mol. The van der Waals surface area contributed by atoms with Gasteiger partial charge in [0, 0.05) is 32.3 Å². The molecule has 0 radical (unpaired) electrons. The second-order valence-corrected chi connectivity index (χ2v) is 7.46. The Kier molecular flexibility index (Phi) is 11.7. The first kappa shape index (κ1) is 24.3. The largest absolute Gasteiger partial charge is 0.404 e. The number of aliphatic imine (C=N–C) groups is 1. The van der Waals surface area contributed by atoms with Crippen molar-refractivity contribution in [2.45, 2.75) is 58.9 Å². The number of ketones is 1. The molecule has 0 bridgehead atoms. The molecule has 0 saturated carbocycles. The van der Waals surface area contributed by atoms with Crippen LogP contribution in [0.4, 0.5) is 0 Å². The Morgan fingerprint density at radius 2 is 1.68 bits per heavy atom. The van der Waals surface area contributed by atoms with E-state index in [0.29, 0.717) is 25.4 Å². The van der Waals surface area contributed by atoms with E-state index >= 15 is 0 Å². The van der Waals surface area contributed by atoms with Crippen molar-refractivity contribution >= 4 is 17.9 Å². The monoisotopic (exact) mass is 393 g/mol. The Balaban J connectivity index is 0.00000190. The second kappa shape index (κ2) is 13.4. The number of carbonyl (C=O) groups is 2. The average molecular weight is 394 g/mol. The van der Waals surface area contributed by atoms with Crippen molar-refractivity contribution < 1.29 is 9.59 Å². The molecule has 4 N–H and O–H groups in total. The molecule has 2 heterocycles. The lowest BCUT2D eigenvalue weighted by Gasteiger charge is -2.34. The fourth-order valence-corrected chi connectivity index (χ4v) is 3.67. The van der Waals surface area contributed by atoms with Crippen LogP contribution in [0, 0.1) is 5.92 Å². The Labute approximate surface area is 170 Å². The number of Topliss-reactive ketones (excluding diaryl/α,β-unsaturated/α-hetero) is 1. The summed E-state index contributed by atoms with van der Waals surface area (Å²) >= 11 is 0. The quantitative estimate of drug-likeness (QED) is 0.639. The molecule has 2 aliphatic heterocycles. The average Bonchev–Trinajstić information content (AvgIpc) is 2.72. The van der Waals surface area contributed by atoms with Crippen molar-refractivity contribution in [2.75, 3.05) is 39.3 Å². The van der Waals surface area contributed by atoms with Crippen LogP contribution >= 0.6 is 0 Å². The Bertz CT molecular complexity index is 531. The van der Waals surface area contributed by atoms with Gasteiger partial charge in [-0.05, 0) is 63.4 Å². The minimum absolute atomic E-state index is 0.214. The summed E-state index contributed by atoms with van der Waals surface area (Å²) < 4.78 is 0. The number of nitrogens with zero attached hydrogens (tertiary/aromatic N) is 3. The first-order chi connectivity index (χ1) is 13.5. The third-order valence-corrected chi connectivity index (χ3v) is 5.33. The van der Waals surface area contributed by atoms with Gasteiger partial charge in [0.15, 0.2) is 0 Å². The fraction of sp³-hybridized carbons (Fsp3) is 0.762. The van der Waals surface area contributed by atoms with Crippen LogP contribution in [0.25, 0.3) is 0 Å². The van der Waals surface area contributed by atoms with E-state index in [1.165, 1.54) is 6.20 Å². The number of hydrogen-bond acceptors (Lipinski definition) is 6. The summed E-state index contributed by atoms with van der Waals surface area (Å²) in [5.74, 6) is 0.927. The van der Waals surface area contributed by atoms with Gasteiger partial charge in [-0.1, -0.05) is 13.8 Å². The number of amides is 1. The summed E-state index contributed by atoms with van der Waals surface area (Å²) in [4.78, 5) is 32.5. The second-order valence-electron chi connectivity index (χ2n) is 7.46. The van der Waals surface area contributed by atoms with Gasteiger partial charge in [0.1, 0.15) is 5.78 Å². The van der Waals surface area contributed by atoms with Crippen molar-refractivity contribution in [3.05, 3.63) is 11.8 Å². The minimum Gasteiger partial charge on any atom is -0.404 e. The number of likely N-dealkylation sites (tertiary alicyclic amines) is 2. The van der Waals surface area contributed by atoms with Gasteiger partial charge < -0.3 is 16.4 Å². The van der Waals surface area contributed by atoms with Gasteiger partial charge in [-0.15, -0.1) is 0 Å². The van der Waals surface area contributed by atoms with Crippen LogP contribution in [0.5, 0.6) is 0 Å². The van der Waals surface area contributed by atoms with Crippen molar-refractivity contribution in [1.29, 1.82) is 0 Å². The van der Waals surface area contributed by atoms with E-state index < -0.39 is 0 Å². The summed E-state index contributed by atoms with van der Waals surface area (Å²) in [6, 6.07) is 0.246. The van der Waals surface area contributed by atoms with Crippen LogP contribution in [0.2, 0.25) is 0 Å². The van der Waals surface area contributed by atoms with Gasteiger partial charge in [0.25, 0.3) is 0 Å². The maximum Gasteiger partial charge on any atom is 0.222 e. The normalized spacial score (nSPS) is 20.1. The number of piperidine rings is 2. The Hall–Kier alpha value is -1.73. The highest BCUT2D eigenvalue weighted by Crippen LogP contribution is 2.23. The lowest BCUT2D eigenvalue weighted by atomic mass is 9.92. The molecule has 0 unspecified atom stereocenters. The maximum absolute atomic E-state index is 12.6. The molecule has 160 valence electrons. The summed E-state index contributed by atoms with van der Waals surface area (Å²) in [5.41, 5.74) is 11.9. The van der Waals surface area contributed by atoms with E-state index in [1.54, 1.807) is 13.1 Å². The lowest BCUT2D eigenvalue weighted by Crippen LogP contribution is -2.42. The zero-order valence-corrected chi connectivity index (χ0v) is 17.9. The van der Waals surface area contributed by atoms with Gasteiger partial charge >= 0.3 is 0 Å². The van der Waals surface area contributed by atoms with E-state index in [-0.39, 0.29) is 17.7 Å². The summed E-state index contributed by atoms with van der Waals surface area (Å²) in [6.45, 7) is 9.95. The predicted molar refractivity (Wildman–Crippen MR) is 115 cm³/mol. The number of hydrogen-bond donors (Lipinski definition) is 2. The molecule has 2 rings (SSSR count). The van der Waals surface area contributed by atoms with Crippen LogP contribution in [0.3, 0.4) is 0 Å². The highest BCUT2D eigenvalue weighted by Gasteiger charge is 2.26. The van der Waals surface area contributed by atoms with E-state index in [0.717, 1.165) is 57.4 Å².